The van der Waals surface area contributed by atoms with Crippen molar-refractivity contribution in [3.63, 3.8) is 0 Å². The maximum Gasteiger partial charge on any atom is 0.310 e. The molecule has 2 aromatic rings. The van der Waals surface area contributed by atoms with E-state index in [1.165, 1.54) is 42.5 Å². The first-order chi connectivity index (χ1) is 13.5. The second-order valence-corrected chi connectivity index (χ2v) is 6.19. The van der Waals surface area contributed by atoms with Gasteiger partial charge in [0.15, 0.2) is 12.4 Å². The predicted octanol–water partition coefficient (Wildman–Crippen LogP) is 2.10. The Kier molecular flexibility index (Phi) is 5.83. The first kappa shape index (κ1) is 19.3. The van der Waals surface area contributed by atoms with Gasteiger partial charge in [0.25, 0.3) is 11.8 Å². The van der Waals surface area contributed by atoms with Crippen LogP contribution in [0.4, 0.5) is 10.1 Å². The van der Waals surface area contributed by atoms with Crippen LogP contribution in [0.15, 0.2) is 48.5 Å². The first-order valence-corrected chi connectivity index (χ1v) is 8.64. The summed E-state index contributed by atoms with van der Waals surface area (Å²) in [6.45, 7) is 1.01. The Morgan fingerprint density at radius 2 is 1.61 bits per heavy atom. The van der Waals surface area contributed by atoms with Gasteiger partial charge in [0.2, 0.25) is 0 Å². The summed E-state index contributed by atoms with van der Waals surface area (Å²) in [5, 5.41) is 11.0. The lowest BCUT2D eigenvalue weighted by Gasteiger charge is -2.34. The molecule has 0 atom stereocenters. The highest BCUT2D eigenvalue weighted by Gasteiger charge is 2.25. The van der Waals surface area contributed by atoms with Crippen molar-refractivity contribution in [2.24, 2.45) is 0 Å². The van der Waals surface area contributed by atoms with Crippen LogP contribution in [0.25, 0.3) is 0 Å². The van der Waals surface area contributed by atoms with Gasteiger partial charge in [-0.3, -0.25) is 19.7 Å². The highest BCUT2D eigenvalue weighted by Crippen LogP contribution is 2.25. The minimum Gasteiger partial charge on any atom is -0.477 e. The summed E-state index contributed by atoms with van der Waals surface area (Å²) in [6, 6.07) is 11.2. The second-order valence-electron chi connectivity index (χ2n) is 6.19. The molecular weight excluding hydrogens is 369 g/mol. The average Bonchev–Trinajstić information content (AvgIpc) is 2.72. The summed E-state index contributed by atoms with van der Waals surface area (Å²) in [4.78, 5) is 38.3. The van der Waals surface area contributed by atoms with Crippen molar-refractivity contribution in [1.82, 2.24) is 9.80 Å². The van der Waals surface area contributed by atoms with Gasteiger partial charge in [-0.2, -0.15) is 0 Å². The van der Waals surface area contributed by atoms with Crippen molar-refractivity contribution in [2.75, 3.05) is 32.8 Å². The van der Waals surface area contributed by atoms with E-state index in [2.05, 4.69) is 0 Å². The number of piperazine rings is 1. The quantitative estimate of drug-likeness (QED) is 0.579. The van der Waals surface area contributed by atoms with Crippen molar-refractivity contribution in [1.29, 1.82) is 0 Å². The van der Waals surface area contributed by atoms with Crippen LogP contribution in [-0.4, -0.2) is 59.3 Å². The number of ether oxygens (including phenoxy) is 1. The van der Waals surface area contributed by atoms with E-state index in [0.717, 1.165) is 0 Å². The van der Waals surface area contributed by atoms with Crippen LogP contribution in [-0.2, 0) is 4.79 Å². The van der Waals surface area contributed by atoms with Gasteiger partial charge in [-0.25, -0.2) is 4.39 Å². The van der Waals surface area contributed by atoms with Gasteiger partial charge in [0.1, 0.15) is 5.82 Å². The van der Waals surface area contributed by atoms with Gasteiger partial charge in [-0.05, 0) is 30.3 Å². The number of para-hydroxylation sites is 2. The Hall–Kier alpha value is -3.49. The number of amides is 2. The molecule has 1 fully saturated rings. The van der Waals surface area contributed by atoms with Crippen LogP contribution < -0.4 is 4.74 Å². The molecule has 2 aromatic carbocycles. The molecule has 0 N–H and O–H groups in total. The molecule has 0 unspecified atom stereocenters. The Bertz CT molecular complexity index is 879. The second kappa shape index (κ2) is 8.47. The van der Waals surface area contributed by atoms with Crippen molar-refractivity contribution in [3.05, 3.63) is 70.0 Å². The summed E-state index contributed by atoms with van der Waals surface area (Å²) < 4.78 is 18.3. The lowest BCUT2D eigenvalue weighted by molar-refractivity contribution is -0.385. The lowest BCUT2D eigenvalue weighted by Crippen LogP contribution is -2.51. The summed E-state index contributed by atoms with van der Waals surface area (Å²) in [5.41, 5.74) is 0.186. The van der Waals surface area contributed by atoms with Crippen molar-refractivity contribution in [2.45, 2.75) is 0 Å². The zero-order valence-corrected chi connectivity index (χ0v) is 14.9. The largest absolute Gasteiger partial charge is 0.477 e. The molecule has 1 saturated heterocycles. The third kappa shape index (κ3) is 4.43. The standard InChI is InChI=1S/C19H18FN3O5/c20-15-7-5-14(6-8-15)19(25)22-11-9-21(10-12-22)18(24)13-28-17-4-2-1-3-16(17)23(26)27/h1-8H,9-13H2. The van der Waals surface area contributed by atoms with E-state index in [0.29, 0.717) is 31.7 Å². The Balaban J connectivity index is 1.52. The number of hydrogen-bond donors (Lipinski definition) is 0. The molecule has 0 radical (unpaired) electrons. The van der Waals surface area contributed by atoms with Crippen LogP contribution in [0, 0.1) is 15.9 Å². The Morgan fingerprint density at radius 1 is 1.00 bits per heavy atom. The monoisotopic (exact) mass is 387 g/mol. The molecule has 0 saturated carbocycles. The van der Waals surface area contributed by atoms with E-state index in [-0.39, 0.29) is 29.9 Å². The topological polar surface area (TPSA) is 93.0 Å². The van der Waals surface area contributed by atoms with Crippen molar-refractivity contribution < 1.29 is 23.6 Å². The van der Waals surface area contributed by atoms with Crippen LogP contribution in [0.2, 0.25) is 0 Å². The third-order valence-corrected chi connectivity index (χ3v) is 4.42. The summed E-state index contributed by atoms with van der Waals surface area (Å²) in [6.07, 6.45) is 0. The minimum atomic E-state index is -0.570. The molecule has 1 aliphatic rings. The molecule has 3 rings (SSSR count). The molecule has 1 heterocycles. The van der Waals surface area contributed by atoms with E-state index < -0.39 is 10.7 Å². The summed E-state index contributed by atoms with van der Waals surface area (Å²) in [7, 11) is 0. The number of nitro groups is 1. The van der Waals surface area contributed by atoms with Crippen LogP contribution >= 0.6 is 0 Å². The molecule has 146 valence electrons. The van der Waals surface area contributed by atoms with Crippen molar-refractivity contribution in [3.8, 4) is 5.75 Å². The maximum absolute atomic E-state index is 13.0. The molecule has 2 amide bonds. The number of benzene rings is 2. The number of carbonyl (C=O) groups excluding carboxylic acids is 2. The maximum atomic E-state index is 13.0. The summed E-state index contributed by atoms with van der Waals surface area (Å²) >= 11 is 0. The van der Waals surface area contributed by atoms with Crippen LogP contribution in [0.1, 0.15) is 10.4 Å². The highest BCUT2D eigenvalue weighted by molar-refractivity contribution is 5.94. The van der Waals surface area contributed by atoms with Crippen molar-refractivity contribution >= 4 is 17.5 Å². The van der Waals surface area contributed by atoms with Gasteiger partial charge >= 0.3 is 5.69 Å². The fourth-order valence-electron chi connectivity index (χ4n) is 2.89. The number of hydrogen-bond acceptors (Lipinski definition) is 5. The lowest BCUT2D eigenvalue weighted by atomic mass is 10.2. The molecule has 0 spiro atoms. The molecule has 0 aliphatic carbocycles. The van der Waals surface area contributed by atoms with Gasteiger partial charge in [-0.15, -0.1) is 0 Å². The zero-order valence-electron chi connectivity index (χ0n) is 14.9. The molecule has 9 heteroatoms. The van der Waals surface area contributed by atoms with E-state index in [1.807, 2.05) is 0 Å². The van der Waals surface area contributed by atoms with Gasteiger partial charge < -0.3 is 14.5 Å². The molecule has 0 aromatic heterocycles. The predicted molar refractivity (Wildman–Crippen MR) is 97.5 cm³/mol. The number of nitro benzene ring substituents is 1. The third-order valence-electron chi connectivity index (χ3n) is 4.42. The highest BCUT2D eigenvalue weighted by atomic mass is 19.1. The number of rotatable bonds is 5. The fourth-order valence-corrected chi connectivity index (χ4v) is 2.89. The van der Waals surface area contributed by atoms with Gasteiger partial charge in [0, 0.05) is 37.8 Å². The Morgan fingerprint density at radius 3 is 2.25 bits per heavy atom. The van der Waals surface area contributed by atoms with E-state index >= 15 is 0 Å². The number of nitrogens with zero attached hydrogens (tertiary/aromatic N) is 3. The summed E-state index contributed by atoms with van der Waals surface area (Å²) in [5.74, 6) is -0.910. The normalized spacial score (nSPS) is 13.9. The van der Waals surface area contributed by atoms with Gasteiger partial charge in [0.05, 0.1) is 4.92 Å². The smallest absolute Gasteiger partial charge is 0.310 e. The zero-order chi connectivity index (χ0) is 20.1. The van der Waals surface area contributed by atoms with Crippen LogP contribution in [0.5, 0.6) is 5.75 Å². The number of halogens is 1. The van der Waals surface area contributed by atoms with E-state index in [1.54, 1.807) is 15.9 Å². The Labute approximate surface area is 160 Å². The molecular formula is C19H18FN3O5. The first-order valence-electron chi connectivity index (χ1n) is 8.64. The van der Waals surface area contributed by atoms with Crippen LogP contribution in [0.3, 0.4) is 0 Å². The fraction of sp³-hybridized carbons (Fsp3) is 0.263. The molecule has 0 bridgehead atoms. The van der Waals surface area contributed by atoms with E-state index in [9.17, 15) is 24.1 Å². The van der Waals surface area contributed by atoms with E-state index in [4.69, 9.17) is 4.74 Å². The SMILES string of the molecule is O=C(COc1ccccc1[N+](=O)[O-])N1CCN(C(=O)c2ccc(F)cc2)CC1. The molecule has 1 aliphatic heterocycles. The molecule has 8 nitrogen and oxygen atoms in total. The van der Waals surface area contributed by atoms with Gasteiger partial charge in [-0.1, -0.05) is 12.1 Å². The number of carbonyl (C=O) groups is 2. The minimum absolute atomic E-state index is 0.0333. The average molecular weight is 387 g/mol. The molecule has 28 heavy (non-hydrogen) atoms.